The third-order valence-corrected chi connectivity index (χ3v) is 3.19. The molecule has 0 amide bonds. The number of thiocarbonyl (C=S) groups is 1. The van der Waals surface area contributed by atoms with E-state index in [2.05, 4.69) is 38.8 Å². The summed E-state index contributed by atoms with van der Waals surface area (Å²) in [6.07, 6.45) is 6.52. The van der Waals surface area contributed by atoms with Gasteiger partial charge in [-0.2, -0.15) is 0 Å². The summed E-state index contributed by atoms with van der Waals surface area (Å²) in [5.74, 6) is 0. The fraction of sp³-hybridized carbons (Fsp3) is 0.588. The van der Waals surface area contributed by atoms with Crippen LogP contribution in [0.1, 0.15) is 32.1 Å². The van der Waals surface area contributed by atoms with Gasteiger partial charge >= 0.3 is 0 Å². The number of benzene rings is 1. The van der Waals surface area contributed by atoms with Gasteiger partial charge in [-0.25, -0.2) is 0 Å². The van der Waals surface area contributed by atoms with Crippen molar-refractivity contribution in [2.24, 2.45) is 0 Å². The second-order valence-corrected chi connectivity index (χ2v) is 7.39. The standard InChI is InChI=1S/C13H18N2S.C4H12N/c16-13(14-11-7-3-1-4-8-11)15-12-9-5-2-6-10-12;1-5(2,3)4/h1,3-4,7-8,12H,2,5-6,9-10H2,(H2,14,15,16);1-4H3/q;+1. The van der Waals surface area contributed by atoms with E-state index in [1.165, 1.54) is 32.1 Å². The number of nitrogens with zero attached hydrogens (tertiary/aromatic N) is 1. The Bertz CT molecular complexity index is 400. The molecule has 0 unspecified atom stereocenters. The van der Waals surface area contributed by atoms with Crippen molar-refractivity contribution in [3.63, 3.8) is 0 Å². The number of rotatable bonds is 2. The molecule has 0 saturated heterocycles. The van der Waals surface area contributed by atoms with E-state index in [0.29, 0.717) is 6.04 Å². The Morgan fingerprint density at radius 1 is 1.00 bits per heavy atom. The van der Waals surface area contributed by atoms with Crippen molar-refractivity contribution in [1.29, 1.82) is 0 Å². The Balaban J connectivity index is 0.000000383. The van der Waals surface area contributed by atoms with Gasteiger partial charge in [0.2, 0.25) is 0 Å². The summed E-state index contributed by atoms with van der Waals surface area (Å²) in [5.41, 5.74) is 1.05. The maximum absolute atomic E-state index is 5.29. The first-order chi connectivity index (χ1) is 9.84. The first kappa shape index (κ1) is 17.9. The third-order valence-electron chi connectivity index (χ3n) is 2.97. The molecular formula is C17H30N3S+. The summed E-state index contributed by atoms with van der Waals surface area (Å²) >= 11 is 5.29. The van der Waals surface area contributed by atoms with Crippen LogP contribution in [0.5, 0.6) is 0 Å². The molecule has 0 aliphatic heterocycles. The Morgan fingerprint density at radius 3 is 2.05 bits per heavy atom. The van der Waals surface area contributed by atoms with Crippen LogP contribution in [0.15, 0.2) is 30.3 Å². The second kappa shape index (κ2) is 9.00. The van der Waals surface area contributed by atoms with Gasteiger partial charge in [0.05, 0.1) is 28.2 Å². The zero-order chi connectivity index (χ0) is 15.7. The Labute approximate surface area is 135 Å². The average molecular weight is 309 g/mol. The zero-order valence-electron chi connectivity index (χ0n) is 13.9. The maximum Gasteiger partial charge on any atom is 0.170 e. The van der Waals surface area contributed by atoms with Crippen LogP contribution in [-0.4, -0.2) is 43.8 Å². The smallest absolute Gasteiger partial charge is 0.170 e. The van der Waals surface area contributed by atoms with E-state index in [1.54, 1.807) is 0 Å². The van der Waals surface area contributed by atoms with Crippen LogP contribution in [0.25, 0.3) is 0 Å². The van der Waals surface area contributed by atoms with Gasteiger partial charge < -0.3 is 15.1 Å². The molecule has 3 nitrogen and oxygen atoms in total. The predicted octanol–water partition coefficient (Wildman–Crippen LogP) is 3.63. The molecule has 0 aromatic heterocycles. The van der Waals surface area contributed by atoms with Gasteiger partial charge in [0.15, 0.2) is 5.11 Å². The summed E-state index contributed by atoms with van der Waals surface area (Å²) in [7, 11) is 8.50. The highest BCUT2D eigenvalue weighted by Gasteiger charge is 2.13. The maximum atomic E-state index is 5.29. The zero-order valence-corrected chi connectivity index (χ0v) is 14.7. The topological polar surface area (TPSA) is 24.1 Å². The lowest BCUT2D eigenvalue weighted by Gasteiger charge is -2.24. The van der Waals surface area contributed by atoms with Gasteiger partial charge in [0.1, 0.15) is 0 Å². The molecular weight excluding hydrogens is 278 g/mol. The first-order valence-electron chi connectivity index (χ1n) is 7.76. The van der Waals surface area contributed by atoms with E-state index in [0.717, 1.165) is 15.3 Å². The van der Waals surface area contributed by atoms with Crippen molar-refractivity contribution < 1.29 is 4.48 Å². The normalized spacial score (nSPS) is 15.6. The quantitative estimate of drug-likeness (QED) is 0.644. The van der Waals surface area contributed by atoms with Crippen LogP contribution >= 0.6 is 12.2 Å². The molecule has 1 fully saturated rings. The summed E-state index contributed by atoms with van der Waals surface area (Å²) in [6.45, 7) is 0. The largest absolute Gasteiger partial charge is 0.360 e. The van der Waals surface area contributed by atoms with Crippen LogP contribution in [0.3, 0.4) is 0 Å². The molecule has 1 aliphatic carbocycles. The molecule has 1 aromatic carbocycles. The monoisotopic (exact) mass is 308 g/mol. The fourth-order valence-corrected chi connectivity index (χ4v) is 2.41. The number of anilines is 1. The van der Waals surface area contributed by atoms with Crippen LogP contribution in [0, 0.1) is 0 Å². The lowest BCUT2D eigenvalue weighted by Crippen LogP contribution is -2.38. The van der Waals surface area contributed by atoms with Crippen molar-refractivity contribution in [2.75, 3.05) is 33.5 Å². The minimum absolute atomic E-state index is 0.567. The minimum atomic E-state index is 0.567. The highest BCUT2D eigenvalue weighted by Crippen LogP contribution is 2.17. The van der Waals surface area contributed by atoms with E-state index >= 15 is 0 Å². The number of quaternary nitrogens is 1. The number of nitrogens with one attached hydrogen (secondary N) is 2. The van der Waals surface area contributed by atoms with Crippen molar-refractivity contribution in [2.45, 2.75) is 38.1 Å². The number of hydrogen-bond donors (Lipinski definition) is 2. The third kappa shape index (κ3) is 10.3. The first-order valence-corrected chi connectivity index (χ1v) is 8.17. The molecule has 1 aromatic rings. The highest BCUT2D eigenvalue weighted by atomic mass is 32.1. The van der Waals surface area contributed by atoms with E-state index in [9.17, 15) is 0 Å². The van der Waals surface area contributed by atoms with Crippen molar-refractivity contribution in [3.05, 3.63) is 30.3 Å². The summed E-state index contributed by atoms with van der Waals surface area (Å²) in [6, 6.07) is 10.6. The fourth-order valence-electron chi connectivity index (χ4n) is 2.12. The average Bonchev–Trinajstić information content (AvgIpc) is 2.39. The van der Waals surface area contributed by atoms with Gasteiger partial charge in [-0.05, 0) is 37.2 Å². The molecule has 2 rings (SSSR count). The van der Waals surface area contributed by atoms with Gasteiger partial charge in [-0.3, -0.25) is 0 Å². The minimum Gasteiger partial charge on any atom is -0.360 e. The van der Waals surface area contributed by atoms with Gasteiger partial charge in [-0.1, -0.05) is 37.5 Å². The lowest BCUT2D eigenvalue weighted by molar-refractivity contribution is -0.849. The number of hydrogen-bond acceptors (Lipinski definition) is 1. The van der Waals surface area contributed by atoms with E-state index in [4.69, 9.17) is 12.2 Å². The lowest BCUT2D eigenvalue weighted by atomic mass is 9.96. The van der Waals surface area contributed by atoms with Crippen molar-refractivity contribution >= 4 is 23.0 Å². The molecule has 4 heteroatoms. The van der Waals surface area contributed by atoms with Crippen LogP contribution in [0.4, 0.5) is 5.69 Å². The van der Waals surface area contributed by atoms with Crippen molar-refractivity contribution in [3.8, 4) is 0 Å². The second-order valence-electron chi connectivity index (χ2n) is 6.98. The Kier molecular flexibility index (Phi) is 7.68. The molecule has 0 bridgehead atoms. The Morgan fingerprint density at radius 2 is 1.52 bits per heavy atom. The molecule has 0 radical (unpaired) electrons. The van der Waals surface area contributed by atoms with Gasteiger partial charge in [0.25, 0.3) is 0 Å². The Hall–Kier alpha value is -1.13. The summed E-state index contributed by atoms with van der Waals surface area (Å²) in [5, 5.41) is 7.35. The summed E-state index contributed by atoms with van der Waals surface area (Å²) in [4.78, 5) is 0. The molecule has 118 valence electrons. The van der Waals surface area contributed by atoms with E-state index in [-0.39, 0.29) is 0 Å². The van der Waals surface area contributed by atoms with Crippen LogP contribution < -0.4 is 10.6 Å². The van der Waals surface area contributed by atoms with E-state index in [1.807, 2.05) is 30.3 Å². The van der Waals surface area contributed by atoms with E-state index < -0.39 is 0 Å². The molecule has 0 heterocycles. The molecule has 0 spiro atoms. The van der Waals surface area contributed by atoms with Crippen LogP contribution in [0.2, 0.25) is 0 Å². The SMILES string of the molecule is C[N+](C)(C)C.S=C(Nc1ccccc1)NC1CCCCC1. The molecule has 2 N–H and O–H groups in total. The molecule has 21 heavy (non-hydrogen) atoms. The number of para-hydroxylation sites is 1. The molecule has 1 aliphatic rings. The van der Waals surface area contributed by atoms with Gasteiger partial charge in [0, 0.05) is 11.7 Å². The predicted molar refractivity (Wildman–Crippen MR) is 96.6 cm³/mol. The summed E-state index contributed by atoms with van der Waals surface area (Å²) < 4.78 is 1.00. The van der Waals surface area contributed by atoms with Crippen LogP contribution in [-0.2, 0) is 0 Å². The molecule has 0 atom stereocenters. The molecule has 1 saturated carbocycles. The van der Waals surface area contributed by atoms with Crippen molar-refractivity contribution in [1.82, 2.24) is 5.32 Å². The highest BCUT2D eigenvalue weighted by molar-refractivity contribution is 7.80. The van der Waals surface area contributed by atoms with Gasteiger partial charge in [-0.15, -0.1) is 0 Å².